The van der Waals surface area contributed by atoms with Crippen molar-refractivity contribution in [3.63, 3.8) is 0 Å². The van der Waals surface area contributed by atoms with E-state index in [1.807, 2.05) is 0 Å². The van der Waals surface area contributed by atoms with Crippen LogP contribution in [0.3, 0.4) is 0 Å². The summed E-state index contributed by atoms with van der Waals surface area (Å²) in [6, 6.07) is 8.40. The van der Waals surface area contributed by atoms with E-state index in [0.717, 1.165) is 48.7 Å². The summed E-state index contributed by atoms with van der Waals surface area (Å²) in [6.45, 7) is 4.86. The smallest absolute Gasteiger partial charge is 0.217 e. The van der Waals surface area contributed by atoms with Gasteiger partial charge < -0.3 is 4.74 Å². The molecule has 3 aromatic rings. The Hall–Kier alpha value is -1.15. The Morgan fingerprint density at radius 3 is 2.95 bits per heavy atom. The van der Waals surface area contributed by atoms with Gasteiger partial charge in [0.1, 0.15) is 0 Å². The third kappa shape index (κ3) is 2.66. The standard InChI is InChI=1S/C14H16N4OS2/c1-2-4-12-11(3-1)18-13(15-16-14(18)21-12)20-10-7-17-5-8-19-9-6-17/h1-4H,5-10H2. The minimum Gasteiger partial charge on any atom is -0.379 e. The van der Waals surface area contributed by atoms with Gasteiger partial charge in [-0.25, -0.2) is 0 Å². The summed E-state index contributed by atoms with van der Waals surface area (Å²) in [7, 11) is 0. The Balaban J connectivity index is 1.50. The van der Waals surface area contributed by atoms with Gasteiger partial charge in [0.05, 0.1) is 23.4 Å². The molecule has 0 N–H and O–H groups in total. The van der Waals surface area contributed by atoms with Crippen molar-refractivity contribution >= 4 is 38.3 Å². The fraction of sp³-hybridized carbons (Fsp3) is 0.429. The molecule has 1 fully saturated rings. The number of hydrogen-bond donors (Lipinski definition) is 0. The number of benzene rings is 1. The molecule has 1 saturated heterocycles. The Morgan fingerprint density at radius 2 is 2.05 bits per heavy atom. The second kappa shape index (κ2) is 5.92. The molecule has 1 aliphatic heterocycles. The van der Waals surface area contributed by atoms with E-state index >= 15 is 0 Å². The lowest BCUT2D eigenvalue weighted by molar-refractivity contribution is 0.0410. The predicted octanol–water partition coefficient (Wildman–Crippen LogP) is 2.37. The zero-order valence-corrected chi connectivity index (χ0v) is 13.2. The van der Waals surface area contributed by atoms with Crippen LogP contribution in [-0.2, 0) is 4.74 Å². The molecule has 0 aliphatic carbocycles. The van der Waals surface area contributed by atoms with Crippen molar-refractivity contribution in [3.05, 3.63) is 24.3 Å². The molecule has 21 heavy (non-hydrogen) atoms. The molecule has 1 aliphatic rings. The maximum Gasteiger partial charge on any atom is 0.217 e. The van der Waals surface area contributed by atoms with E-state index in [4.69, 9.17) is 4.74 Å². The quantitative estimate of drug-likeness (QED) is 0.691. The molecule has 7 heteroatoms. The maximum absolute atomic E-state index is 5.37. The van der Waals surface area contributed by atoms with Crippen LogP contribution < -0.4 is 0 Å². The highest BCUT2D eigenvalue weighted by Crippen LogP contribution is 2.29. The van der Waals surface area contributed by atoms with Crippen molar-refractivity contribution in [3.8, 4) is 0 Å². The summed E-state index contributed by atoms with van der Waals surface area (Å²) in [6.07, 6.45) is 0. The minimum atomic E-state index is 0.856. The van der Waals surface area contributed by atoms with E-state index in [2.05, 4.69) is 43.8 Å². The fourth-order valence-corrected chi connectivity index (χ4v) is 4.51. The molecule has 1 aromatic carbocycles. The highest BCUT2D eigenvalue weighted by Gasteiger charge is 2.14. The molecule has 5 nitrogen and oxygen atoms in total. The van der Waals surface area contributed by atoms with Crippen LogP contribution in [0, 0.1) is 0 Å². The SMILES string of the molecule is c1ccc2c(c1)sc1nnc(SCCN3CCOCC3)n12. The predicted molar refractivity (Wildman–Crippen MR) is 86.4 cm³/mol. The van der Waals surface area contributed by atoms with E-state index in [9.17, 15) is 0 Å². The van der Waals surface area contributed by atoms with Crippen molar-refractivity contribution in [2.45, 2.75) is 5.16 Å². The summed E-state index contributed by atoms with van der Waals surface area (Å²) in [5.41, 5.74) is 1.20. The van der Waals surface area contributed by atoms with Crippen LogP contribution in [0.4, 0.5) is 0 Å². The molecule has 0 saturated carbocycles. The topological polar surface area (TPSA) is 42.7 Å². The van der Waals surface area contributed by atoms with Crippen LogP contribution in [0.15, 0.2) is 29.4 Å². The van der Waals surface area contributed by atoms with Crippen molar-refractivity contribution in [1.82, 2.24) is 19.5 Å². The van der Waals surface area contributed by atoms with Gasteiger partial charge in [-0.15, -0.1) is 10.2 Å². The second-order valence-electron chi connectivity index (χ2n) is 4.97. The van der Waals surface area contributed by atoms with Crippen LogP contribution in [0.2, 0.25) is 0 Å². The van der Waals surface area contributed by atoms with Gasteiger partial charge in [-0.05, 0) is 12.1 Å². The second-order valence-corrected chi connectivity index (χ2v) is 7.04. The van der Waals surface area contributed by atoms with E-state index in [1.165, 1.54) is 10.2 Å². The molecule has 0 spiro atoms. The lowest BCUT2D eigenvalue weighted by Crippen LogP contribution is -2.37. The molecule has 0 amide bonds. The lowest BCUT2D eigenvalue weighted by atomic mass is 10.3. The Morgan fingerprint density at radius 1 is 1.19 bits per heavy atom. The van der Waals surface area contributed by atoms with Crippen molar-refractivity contribution in [1.29, 1.82) is 0 Å². The Labute approximate surface area is 130 Å². The fourth-order valence-electron chi connectivity index (χ4n) is 2.54. The Bertz CT molecular complexity index is 748. The largest absolute Gasteiger partial charge is 0.379 e. The van der Waals surface area contributed by atoms with Crippen LogP contribution in [0.5, 0.6) is 0 Å². The van der Waals surface area contributed by atoms with Crippen LogP contribution >= 0.6 is 23.1 Å². The van der Waals surface area contributed by atoms with Crippen molar-refractivity contribution < 1.29 is 4.74 Å². The normalized spacial score (nSPS) is 17.0. The zero-order chi connectivity index (χ0) is 14.1. The van der Waals surface area contributed by atoms with Gasteiger partial charge >= 0.3 is 0 Å². The number of thiazole rings is 1. The van der Waals surface area contributed by atoms with Gasteiger partial charge in [0.25, 0.3) is 0 Å². The van der Waals surface area contributed by atoms with Crippen LogP contribution in [0.25, 0.3) is 15.2 Å². The number of aromatic nitrogens is 3. The first kappa shape index (κ1) is 13.5. The number of hydrogen-bond acceptors (Lipinski definition) is 6. The molecule has 0 bridgehead atoms. The number of ether oxygens (including phenoxy) is 1. The average molecular weight is 320 g/mol. The molecular weight excluding hydrogens is 304 g/mol. The van der Waals surface area contributed by atoms with E-state index < -0.39 is 0 Å². The molecule has 0 atom stereocenters. The molecular formula is C14H16N4OS2. The number of thioether (sulfide) groups is 1. The monoisotopic (exact) mass is 320 g/mol. The summed E-state index contributed by atoms with van der Waals surface area (Å²) in [5.74, 6) is 1.03. The van der Waals surface area contributed by atoms with Crippen molar-refractivity contribution in [2.24, 2.45) is 0 Å². The molecule has 4 rings (SSSR count). The summed E-state index contributed by atoms with van der Waals surface area (Å²) in [4.78, 5) is 3.42. The minimum absolute atomic E-state index is 0.856. The first-order valence-electron chi connectivity index (χ1n) is 7.07. The third-order valence-electron chi connectivity index (χ3n) is 3.65. The van der Waals surface area contributed by atoms with E-state index in [-0.39, 0.29) is 0 Å². The van der Waals surface area contributed by atoms with Gasteiger partial charge in [0.2, 0.25) is 4.96 Å². The maximum atomic E-state index is 5.37. The number of nitrogens with zero attached hydrogens (tertiary/aromatic N) is 4. The molecule has 0 radical (unpaired) electrons. The first-order valence-corrected chi connectivity index (χ1v) is 8.87. The molecule has 2 aromatic heterocycles. The Kier molecular flexibility index (Phi) is 3.81. The number of para-hydroxylation sites is 1. The van der Waals surface area contributed by atoms with Crippen LogP contribution in [0.1, 0.15) is 0 Å². The average Bonchev–Trinajstić information content (AvgIpc) is 3.08. The number of fused-ring (bicyclic) bond motifs is 3. The zero-order valence-electron chi connectivity index (χ0n) is 11.6. The van der Waals surface area contributed by atoms with Gasteiger partial charge in [-0.1, -0.05) is 35.2 Å². The van der Waals surface area contributed by atoms with Gasteiger partial charge in [0.15, 0.2) is 5.16 Å². The summed E-state index contributed by atoms with van der Waals surface area (Å²) in [5, 5.41) is 9.63. The number of rotatable bonds is 4. The van der Waals surface area contributed by atoms with Crippen molar-refractivity contribution in [2.75, 3.05) is 38.6 Å². The van der Waals surface area contributed by atoms with E-state index in [0.29, 0.717) is 0 Å². The lowest BCUT2D eigenvalue weighted by Gasteiger charge is -2.26. The summed E-state index contributed by atoms with van der Waals surface area (Å²) < 4.78 is 8.81. The van der Waals surface area contributed by atoms with Gasteiger partial charge in [-0.2, -0.15) is 0 Å². The van der Waals surface area contributed by atoms with E-state index in [1.54, 1.807) is 23.1 Å². The highest BCUT2D eigenvalue weighted by atomic mass is 32.2. The third-order valence-corrected chi connectivity index (χ3v) is 5.57. The molecule has 110 valence electrons. The van der Waals surface area contributed by atoms with Gasteiger partial charge in [0, 0.05) is 25.4 Å². The molecule has 3 heterocycles. The number of morpholine rings is 1. The molecule has 0 unspecified atom stereocenters. The first-order chi connectivity index (χ1) is 10.4. The van der Waals surface area contributed by atoms with Crippen LogP contribution in [-0.4, -0.2) is 58.1 Å². The van der Waals surface area contributed by atoms with Gasteiger partial charge in [-0.3, -0.25) is 9.30 Å². The highest BCUT2D eigenvalue weighted by molar-refractivity contribution is 7.99. The summed E-state index contributed by atoms with van der Waals surface area (Å²) >= 11 is 3.48.